The molecule has 5 heteroatoms. The van der Waals surface area contributed by atoms with Crippen molar-refractivity contribution in [3.63, 3.8) is 0 Å². The molecule has 0 radical (unpaired) electrons. The smallest absolute Gasteiger partial charge is 0.356 e. The predicted molar refractivity (Wildman–Crippen MR) is 61.3 cm³/mol. The molecule has 0 aliphatic rings. The van der Waals surface area contributed by atoms with Crippen molar-refractivity contribution in [1.29, 1.82) is 0 Å². The lowest BCUT2D eigenvalue weighted by molar-refractivity contribution is -0.156. The Bertz CT molecular complexity index is 377. The van der Waals surface area contributed by atoms with E-state index in [1.807, 2.05) is 0 Å². The molecule has 0 fully saturated rings. The van der Waals surface area contributed by atoms with E-state index >= 15 is 0 Å². The zero-order chi connectivity index (χ0) is 12.7. The van der Waals surface area contributed by atoms with Crippen LogP contribution in [0, 0.1) is 0 Å². The summed E-state index contributed by atoms with van der Waals surface area (Å²) in [6.07, 6.45) is -1.08. The Hall–Kier alpha value is -1.88. The minimum atomic E-state index is -1.08. The number of nitrogens with one attached hydrogen (secondary N) is 1. The molecule has 92 valence electrons. The number of amides is 1. The van der Waals surface area contributed by atoms with Gasteiger partial charge in [-0.05, 0) is 19.1 Å². The van der Waals surface area contributed by atoms with Crippen LogP contribution < -0.4 is 5.32 Å². The Balaban J connectivity index is 2.63. The van der Waals surface area contributed by atoms with E-state index in [0.29, 0.717) is 5.56 Å². The first kappa shape index (κ1) is 13.2. The van der Waals surface area contributed by atoms with Gasteiger partial charge in [0.2, 0.25) is 6.23 Å². The second-order valence-electron chi connectivity index (χ2n) is 3.21. The van der Waals surface area contributed by atoms with Gasteiger partial charge in [0, 0.05) is 12.7 Å². The largest absolute Gasteiger partial charge is 0.463 e. The monoisotopic (exact) mass is 237 g/mol. The molecule has 1 N–H and O–H groups in total. The Kier molecular flexibility index (Phi) is 5.16. The lowest BCUT2D eigenvalue weighted by Crippen LogP contribution is -2.43. The second-order valence-corrected chi connectivity index (χ2v) is 3.21. The van der Waals surface area contributed by atoms with Gasteiger partial charge in [0.15, 0.2) is 0 Å². The van der Waals surface area contributed by atoms with Gasteiger partial charge >= 0.3 is 5.97 Å². The van der Waals surface area contributed by atoms with Gasteiger partial charge in [0.1, 0.15) is 0 Å². The molecule has 0 spiro atoms. The van der Waals surface area contributed by atoms with Crippen LogP contribution in [0.25, 0.3) is 0 Å². The van der Waals surface area contributed by atoms with Crippen molar-refractivity contribution in [1.82, 2.24) is 5.32 Å². The Morgan fingerprint density at radius 2 is 1.94 bits per heavy atom. The summed E-state index contributed by atoms with van der Waals surface area (Å²) in [5, 5.41) is 2.43. The highest BCUT2D eigenvalue weighted by molar-refractivity contribution is 5.96. The summed E-state index contributed by atoms with van der Waals surface area (Å²) < 4.78 is 9.60. The van der Waals surface area contributed by atoms with Crippen LogP contribution in [0.2, 0.25) is 0 Å². The van der Waals surface area contributed by atoms with E-state index in [2.05, 4.69) is 5.32 Å². The number of hydrogen-bond acceptors (Lipinski definition) is 4. The van der Waals surface area contributed by atoms with Crippen LogP contribution >= 0.6 is 0 Å². The summed E-state index contributed by atoms with van der Waals surface area (Å²) in [5.74, 6) is -0.996. The van der Waals surface area contributed by atoms with E-state index in [0.717, 1.165) is 0 Å². The van der Waals surface area contributed by atoms with Gasteiger partial charge in [-0.25, -0.2) is 4.79 Å². The van der Waals surface area contributed by atoms with Crippen molar-refractivity contribution < 1.29 is 19.1 Å². The molecule has 1 aromatic rings. The fourth-order valence-electron chi connectivity index (χ4n) is 1.22. The molecule has 1 unspecified atom stereocenters. The van der Waals surface area contributed by atoms with Crippen LogP contribution in [0.5, 0.6) is 0 Å². The third-order valence-corrected chi connectivity index (χ3v) is 2.03. The summed E-state index contributed by atoms with van der Waals surface area (Å²) in [5.41, 5.74) is 0.457. The van der Waals surface area contributed by atoms with Crippen LogP contribution in [-0.4, -0.2) is 31.8 Å². The predicted octanol–water partition coefficient (Wildman–Crippen LogP) is 0.952. The Morgan fingerprint density at radius 1 is 1.29 bits per heavy atom. The van der Waals surface area contributed by atoms with Gasteiger partial charge in [0.25, 0.3) is 5.91 Å². The molecular formula is C12H15NO4. The summed E-state index contributed by atoms with van der Waals surface area (Å²) in [6.45, 7) is 1.92. The van der Waals surface area contributed by atoms with E-state index in [1.165, 1.54) is 7.11 Å². The van der Waals surface area contributed by atoms with E-state index < -0.39 is 12.2 Å². The number of methoxy groups -OCH3 is 1. The number of hydrogen-bond donors (Lipinski definition) is 1. The third-order valence-electron chi connectivity index (χ3n) is 2.03. The maximum absolute atomic E-state index is 11.7. The molecule has 0 aliphatic carbocycles. The Morgan fingerprint density at radius 3 is 2.47 bits per heavy atom. The lowest BCUT2D eigenvalue weighted by atomic mass is 10.2. The van der Waals surface area contributed by atoms with Crippen molar-refractivity contribution in [2.24, 2.45) is 0 Å². The molecule has 0 saturated heterocycles. The number of carbonyl (C=O) groups is 2. The maximum Gasteiger partial charge on any atom is 0.356 e. The number of ether oxygens (including phenoxy) is 2. The highest BCUT2D eigenvalue weighted by Gasteiger charge is 2.21. The average molecular weight is 237 g/mol. The molecular weight excluding hydrogens is 222 g/mol. The minimum Gasteiger partial charge on any atom is -0.463 e. The van der Waals surface area contributed by atoms with E-state index in [9.17, 15) is 9.59 Å². The second kappa shape index (κ2) is 6.65. The zero-order valence-corrected chi connectivity index (χ0v) is 9.80. The minimum absolute atomic E-state index is 0.236. The first-order valence-electron chi connectivity index (χ1n) is 5.24. The highest BCUT2D eigenvalue weighted by Crippen LogP contribution is 2.00. The third kappa shape index (κ3) is 3.88. The molecule has 0 aliphatic heterocycles. The normalized spacial score (nSPS) is 11.6. The molecule has 1 rings (SSSR count). The molecule has 1 amide bonds. The lowest BCUT2D eigenvalue weighted by Gasteiger charge is -2.15. The maximum atomic E-state index is 11.7. The van der Waals surface area contributed by atoms with Gasteiger partial charge < -0.3 is 14.8 Å². The molecule has 17 heavy (non-hydrogen) atoms. The van der Waals surface area contributed by atoms with Crippen LogP contribution in [0.3, 0.4) is 0 Å². The summed E-state index contributed by atoms with van der Waals surface area (Å²) >= 11 is 0. The fourth-order valence-corrected chi connectivity index (χ4v) is 1.22. The molecule has 0 aromatic heterocycles. The average Bonchev–Trinajstić information content (AvgIpc) is 2.37. The van der Waals surface area contributed by atoms with Crippen molar-refractivity contribution in [2.45, 2.75) is 13.2 Å². The first-order chi connectivity index (χ1) is 8.19. The molecule has 5 nitrogen and oxygen atoms in total. The number of benzene rings is 1. The zero-order valence-electron chi connectivity index (χ0n) is 9.80. The van der Waals surface area contributed by atoms with Gasteiger partial charge in [-0.2, -0.15) is 0 Å². The standard InChI is InChI=1S/C12H15NO4/c1-3-17-12(15)11(16-2)13-10(14)9-7-5-4-6-8-9/h4-8,11H,3H2,1-2H3,(H,13,14). The first-order valence-corrected chi connectivity index (χ1v) is 5.24. The van der Waals surface area contributed by atoms with Gasteiger partial charge in [-0.1, -0.05) is 18.2 Å². The number of carbonyl (C=O) groups excluding carboxylic acids is 2. The number of rotatable bonds is 5. The van der Waals surface area contributed by atoms with Gasteiger partial charge in [-0.3, -0.25) is 4.79 Å². The van der Waals surface area contributed by atoms with Crippen LogP contribution in [0.1, 0.15) is 17.3 Å². The molecule has 0 heterocycles. The van der Waals surface area contributed by atoms with Gasteiger partial charge in [-0.15, -0.1) is 0 Å². The molecule has 1 atom stereocenters. The van der Waals surface area contributed by atoms with Gasteiger partial charge in [0.05, 0.1) is 6.61 Å². The quantitative estimate of drug-likeness (QED) is 0.611. The van der Waals surface area contributed by atoms with Crippen molar-refractivity contribution in [3.05, 3.63) is 35.9 Å². The molecule has 0 saturated carbocycles. The number of esters is 1. The van der Waals surface area contributed by atoms with Crippen molar-refractivity contribution in [2.75, 3.05) is 13.7 Å². The summed E-state index contributed by atoms with van der Waals surface area (Å²) in [4.78, 5) is 23.1. The van der Waals surface area contributed by atoms with Crippen LogP contribution in [-0.2, 0) is 14.3 Å². The van der Waals surface area contributed by atoms with E-state index in [4.69, 9.17) is 9.47 Å². The molecule has 0 bridgehead atoms. The van der Waals surface area contributed by atoms with Crippen LogP contribution in [0.15, 0.2) is 30.3 Å². The topological polar surface area (TPSA) is 64.6 Å². The molecule has 1 aromatic carbocycles. The summed E-state index contributed by atoms with van der Waals surface area (Å²) in [7, 11) is 1.33. The van der Waals surface area contributed by atoms with Crippen molar-refractivity contribution >= 4 is 11.9 Å². The SMILES string of the molecule is CCOC(=O)C(NC(=O)c1ccccc1)OC. The van der Waals surface area contributed by atoms with E-state index in [-0.39, 0.29) is 12.5 Å². The fraction of sp³-hybridized carbons (Fsp3) is 0.333. The Labute approximate surface area is 99.7 Å². The van der Waals surface area contributed by atoms with Crippen LogP contribution in [0.4, 0.5) is 0 Å². The summed E-state index contributed by atoms with van der Waals surface area (Å²) in [6, 6.07) is 8.57. The highest BCUT2D eigenvalue weighted by atomic mass is 16.6. The van der Waals surface area contributed by atoms with Crippen molar-refractivity contribution in [3.8, 4) is 0 Å². The van der Waals surface area contributed by atoms with E-state index in [1.54, 1.807) is 37.3 Å².